The molecular formula is C21H26N2O3. The number of rotatable bonds is 7. The molecule has 1 aromatic heterocycles. The van der Waals surface area contributed by atoms with Crippen molar-refractivity contribution < 1.29 is 14.1 Å². The maximum atomic E-state index is 12.5. The van der Waals surface area contributed by atoms with Crippen LogP contribution in [0, 0.1) is 11.8 Å². The minimum absolute atomic E-state index is 0.0932. The molecule has 1 heterocycles. The molecule has 4 atom stereocenters. The first-order valence-corrected chi connectivity index (χ1v) is 9.69. The van der Waals surface area contributed by atoms with Crippen LogP contribution in [-0.2, 0) is 11.2 Å². The second kappa shape index (κ2) is 7.52. The summed E-state index contributed by atoms with van der Waals surface area (Å²) >= 11 is 0. The highest BCUT2D eigenvalue weighted by Gasteiger charge is 2.53. The lowest BCUT2D eigenvalue weighted by Gasteiger charge is -2.49. The van der Waals surface area contributed by atoms with E-state index in [1.54, 1.807) is 6.07 Å². The number of ether oxygens (including phenoxy) is 1. The van der Waals surface area contributed by atoms with Gasteiger partial charge in [-0.25, -0.2) is 0 Å². The Morgan fingerprint density at radius 1 is 1.27 bits per heavy atom. The van der Waals surface area contributed by atoms with E-state index < -0.39 is 0 Å². The SMILES string of the molecule is CCOc1cc(CCC(=O)N[C@@H]2[C@@H]3CCC[C@H]3[C@@H]2c2ccccc2)on1. The van der Waals surface area contributed by atoms with E-state index in [0.29, 0.717) is 42.9 Å². The molecule has 2 aromatic rings. The quantitative estimate of drug-likeness (QED) is 0.823. The number of aryl methyl sites for hydroxylation is 1. The van der Waals surface area contributed by atoms with Gasteiger partial charge in [0.25, 0.3) is 5.88 Å². The van der Waals surface area contributed by atoms with Gasteiger partial charge in [-0.2, -0.15) is 0 Å². The van der Waals surface area contributed by atoms with Gasteiger partial charge >= 0.3 is 0 Å². The standard InChI is InChI=1S/C21H26N2O3/c1-2-25-19-13-15(26-23-19)11-12-18(24)22-21-17-10-6-9-16(17)20(21)14-7-4-3-5-8-14/h3-5,7-8,13,16-17,20-21H,2,6,9-12H2,1H3,(H,22,24)/t16-,17-,20+,21-/m1/s1. The molecule has 2 fully saturated rings. The lowest BCUT2D eigenvalue weighted by molar-refractivity contribution is -0.124. The number of fused-ring (bicyclic) bond motifs is 1. The predicted molar refractivity (Wildman–Crippen MR) is 97.9 cm³/mol. The van der Waals surface area contributed by atoms with Crippen LogP contribution in [0.1, 0.15) is 49.8 Å². The average molecular weight is 354 g/mol. The third kappa shape index (κ3) is 3.35. The van der Waals surface area contributed by atoms with Crippen molar-refractivity contribution in [3.8, 4) is 5.88 Å². The molecule has 1 amide bonds. The van der Waals surface area contributed by atoms with Gasteiger partial charge in [-0.1, -0.05) is 36.8 Å². The number of hydrogen-bond donors (Lipinski definition) is 1. The van der Waals surface area contributed by atoms with Gasteiger partial charge in [-0.15, -0.1) is 0 Å². The summed E-state index contributed by atoms with van der Waals surface area (Å²) in [5.41, 5.74) is 1.36. The van der Waals surface area contributed by atoms with E-state index in [1.807, 2.05) is 6.92 Å². The van der Waals surface area contributed by atoms with Gasteiger partial charge in [-0.3, -0.25) is 4.79 Å². The van der Waals surface area contributed by atoms with Crippen LogP contribution in [0.3, 0.4) is 0 Å². The fourth-order valence-corrected chi connectivity index (χ4v) is 4.75. The molecule has 2 aliphatic carbocycles. The van der Waals surface area contributed by atoms with Crippen molar-refractivity contribution >= 4 is 5.91 Å². The van der Waals surface area contributed by atoms with Gasteiger partial charge in [0, 0.05) is 30.9 Å². The van der Waals surface area contributed by atoms with Crippen molar-refractivity contribution in [3.05, 3.63) is 47.7 Å². The maximum absolute atomic E-state index is 12.5. The Balaban J connectivity index is 1.35. The molecule has 5 heteroatoms. The summed E-state index contributed by atoms with van der Waals surface area (Å²) in [6.45, 7) is 2.46. The molecule has 0 bridgehead atoms. The van der Waals surface area contributed by atoms with Crippen LogP contribution in [-0.4, -0.2) is 23.7 Å². The van der Waals surface area contributed by atoms with E-state index in [1.165, 1.54) is 24.8 Å². The Kier molecular flexibility index (Phi) is 4.96. The smallest absolute Gasteiger partial charge is 0.254 e. The number of carbonyl (C=O) groups is 1. The molecule has 4 rings (SSSR count). The third-order valence-corrected chi connectivity index (χ3v) is 5.87. The normalized spacial score (nSPS) is 26.8. The molecule has 0 saturated heterocycles. The minimum atomic E-state index is 0.0932. The lowest BCUT2D eigenvalue weighted by atomic mass is 9.60. The highest BCUT2D eigenvalue weighted by Crippen LogP contribution is 2.55. The summed E-state index contributed by atoms with van der Waals surface area (Å²) in [4.78, 5) is 12.5. The highest BCUT2D eigenvalue weighted by atomic mass is 16.5. The zero-order valence-corrected chi connectivity index (χ0v) is 15.2. The van der Waals surface area contributed by atoms with Crippen LogP contribution in [0.4, 0.5) is 0 Å². The van der Waals surface area contributed by atoms with Crippen molar-refractivity contribution in [2.75, 3.05) is 6.61 Å². The Bertz CT molecular complexity index is 743. The van der Waals surface area contributed by atoms with E-state index in [-0.39, 0.29) is 11.9 Å². The van der Waals surface area contributed by atoms with Crippen molar-refractivity contribution in [2.24, 2.45) is 11.8 Å². The summed E-state index contributed by atoms with van der Waals surface area (Å²) in [6, 6.07) is 12.7. The number of amides is 1. The monoisotopic (exact) mass is 354 g/mol. The zero-order chi connectivity index (χ0) is 17.9. The summed E-state index contributed by atoms with van der Waals surface area (Å²) in [6.07, 6.45) is 4.76. The van der Waals surface area contributed by atoms with Crippen molar-refractivity contribution in [2.45, 2.75) is 51.0 Å². The average Bonchev–Trinajstić information content (AvgIpc) is 3.27. The molecule has 138 valence electrons. The molecule has 1 N–H and O–H groups in total. The molecule has 0 aliphatic heterocycles. The van der Waals surface area contributed by atoms with Gasteiger partial charge in [0.05, 0.1) is 6.61 Å². The summed E-state index contributed by atoms with van der Waals surface area (Å²) in [5.74, 6) is 3.10. The van der Waals surface area contributed by atoms with Crippen molar-refractivity contribution in [1.82, 2.24) is 10.5 Å². The zero-order valence-electron chi connectivity index (χ0n) is 15.2. The molecule has 26 heavy (non-hydrogen) atoms. The van der Waals surface area contributed by atoms with E-state index in [2.05, 4.69) is 40.8 Å². The number of nitrogens with one attached hydrogen (secondary N) is 1. The van der Waals surface area contributed by atoms with Crippen LogP contribution in [0.2, 0.25) is 0 Å². The largest absolute Gasteiger partial charge is 0.476 e. The first kappa shape index (κ1) is 17.1. The van der Waals surface area contributed by atoms with Gasteiger partial charge in [-0.05, 0) is 42.3 Å². The van der Waals surface area contributed by atoms with Crippen molar-refractivity contribution in [3.63, 3.8) is 0 Å². The molecule has 1 aromatic carbocycles. The van der Waals surface area contributed by atoms with Crippen molar-refractivity contribution in [1.29, 1.82) is 0 Å². The fourth-order valence-electron chi connectivity index (χ4n) is 4.75. The van der Waals surface area contributed by atoms with E-state index in [0.717, 1.165) is 5.92 Å². The van der Waals surface area contributed by atoms with Crippen LogP contribution in [0.5, 0.6) is 5.88 Å². The molecule has 2 aliphatic rings. The summed E-state index contributed by atoms with van der Waals surface area (Å²) in [7, 11) is 0. The van der Waals surface area contributed by atoms with Gasteiger partial charge in [0.15, 0.2) is 0 Å². The minimum Gasteiger partial charge on any atom is -0.476 e. The Morgan fingerprint density at radius 2 is 2.08 bits per heavy atom. The Hall–Kier alpha value is -2.30. The molecule has 2 saturated carbocycles. The highest BCUT2D eigenvalue weighted by molar-refractivity contribution is 5.76. The topological polar surface area (TPSA) is 64.4 Å². The Labute approximate surface area is 154 Å². The fraction of sp³-hybridized carbons (Fsp3) is 0.524. The van der Waals surface area contributed by atoms with Gasteiger partial charge in [0.1, 0.15) is 5.76 Å². The van der Waals surface area contributed by atoms with Crippen LogP contribution < -0.4 is 10.1 Å². The third-order valence-electron chi connectivity index (χ3n) is 5.87. The summed E-state index contributed by atoms with van der Waals surface area (Å²) in [5, 5.41) is 7.14. The molecule has 5 nitrogen and oxygen atoms in total. The number of aromatic nitrogens is 1. The van der Waals surface area contributed by atoms with Crippen LogP contribution in [0.15, 0.2) is 40.9 Å². The maximum Gasteiger partial charge on any atom is 0.254 e. The van der Waals surface area contributed by atoms with Crippen LogP contribution >= 0.6 is 0 Å². The van der Waals surface area contributed by atoms with E-state index in [4.69, 9.17) is 9.26 Å². The number of carbonyl (C=O) groups excluding carboxylic acids is 1. The Morgan fingerprint density at radius 3 is 2.88 bits per heavy atom. The second-order valence-electron chi connectivity index (χ2n) is 7.35. The van der Waals surface area contributed by atoms with Gasteiger partial charge < -0.3 is 14.6 Å². The second-order valence-corrected chi connectivity index (χ2v) is 7.35. The molecule has 0 unspecified atom stereocenters. The summed E-state index contributed by atoms with van der Waals surface area (Å²) < 4.78 is 10.5. The first-order valence-electron chi connectivity index (χ1n) is 9.69. The van der Waals surface area contributed by atoms with E-state index in [9.17, 15) is 4.79 Å². The first-order chi connectivity index (χ1) is 12.8. The van der Waals surface area contributed by atoms with E-state index >= 15 is 0 Å². The number of benzene rings is 1. The lowest BCUT2D eigenvalue weighted by Crippen LogP contribution is -2.56. The van der Waals surface area contributed by atoms with Crippen LogP contribution in [0.25, 0.3) is 0 Å². The number of hydrogen-bond acceptors (Lipinski definition) is 4. The predicted octanol–water partition coefficient (Wildman–Crippen LogP) is 3.70. The number of nitrogens with zero attached hydrogens (tertiary/aromatic N) is 1. The molecule has 0 radical (unpaired) electrons. The van der Waals surface area contributed by atoms with Gasteiger partial charge in [0.2, 0.25) is 5.91 Å². The molecular weight excluding hydrogens is 328 g/mol. The molecule has 0 spiro atoms.